The smallest absolute Gasteiger partial charge is 0.255 e. The summed E-state index contributed by atoms with van der Waals surface area (Å²) < 4.78 is 41.6. The summed E-state index contributed by atoms with van der Waals surface area (Å²) in [4.78, 5) is 12.7. The number of amides is 1. The van der Waals surface area contributed by atoms with E-state index in [1.165, 1.54) is 25.6 Å². The van der Waals surface area contributed by atoms with E-state index in [0.29, 0.717) is 55.2 Å². The van der Waals surface area contributed by atoms with E-state index in [2.05, 4.69) is 5.32 Å². The predicted octanol–water partition coefficient (Wildman–Crippen LogP) is 1.65. The zero-order valence-corrected chi connectivity index (χ0v) is 17.1. The maximum atomic E-state index is 12.7. The van der Waals surface area contributed by atoms with E-state index in [0.717, 1.165) is 0 Å². The molecule has 0 radical (unpaired) electrons. The van der Waals surface area contributed by atoms with Crippen LogP contribution in [0.1, 0.15) is 36.5 Å². The third-order valence-electron chi connectivity index (χ3n) is 4.59. The van der Waals surface area contributed by atoms with Gasteiger partial charge in [0.05, 0.1) is 32.6 Å². The first-order chi connectivity index (χ1) is 12.9. The monoisotopic (exact) mass is 400 g/mol. The van der Waals surface area contributed by atoms with Crippen molar-refractivity contribution < 1.29 is 27.4 Å². The van der Waals surface area contributed by atoms with E-state index in [9.17, 15) is 13.2 Å². The average molecular weight is 400 g/mol. The van der Waals surface area contributed by atoms with Crippen molar-refractivity contribution in [3.05, 3.63) is 17.7 Å². The molecule has 1 aromatic rings. The van der Waals surface area contributed by atoms with Gasteiger partial charge in [-0.25, -0.2) is 12.7 Å². The lowest BCUT2D eigenvalue weighted by Gasteiger charge is -2.31. The first kappa shape index (κ1) is 21.3. The number of piperidine rings is 1. The molecule has 0 saturated carbocycles. The van der Waals surface area contributed by atoms with E-state index in [4.69, 9.17) is 14.2 Å². The van der Waals surface area contributed by atoms with Crippen molar-refractivity contribution in [2.45, 2.75) is 32.2 Å². The van der Waals surface area contributed by atoms with Crippen molar-refractivity contribution in [1.29, 1.82) is 0 Å². The van der Waals surface area contributed by atoms with E-state index in [1.54, 1.807) is 12.1 Å². The molecule has 0 bridgehead atoms. The van der Waals surface area contributed by atoms with E-state index < -0.39 is 10.0 Å². The maximum absolute atomic E-state index is 12.7. The Balaban J connectivity index is 2.06. The third-order valence-corrected chi connectivity index (χ3v) is 6.67. The molecular formula is C18H28N2O6S. The van der Waals surface area contributed by atoms with E-state index >= 15 is 0 Å². The van der Waals surface area contributed by atoms with Gasteiger partial charge in [0, 0.05) is 31.3 Å². The Morgan fingerprint density at radius 2 is 1.63 bits per heavy atom. The number of ether oxygens (including phenoxy) is 3. The number of benzene rings is 1. The number of hydrogen-bond acceptors (Lipinski definition) is 6. The van der Waals surface area contributed by atoms with Gasteiger partial charge in [0.1, 0.15) is 5.75 Å². The first-order valence-electron chi connectivity index (χ1n) is 8.95. The van der Waals surface area contributed by atoms with Crippen molar-refractivity contribution >= 4 is 15.9 Å². The highest BCUT2D eigenvalue weighted by Crippen LogP contribution is 2.34. The number of carbonyl (C=O) groups excluding carboxylic acids is 1. The minimum atomic E-state index is -3.19. The van der Waals surface area contributed by atoms with Gasteiger partial charge >= 0.3 is 0 Å². The lowest BCUT2D eigenvalue weighted by atomic mass is 10.1. The molecule has 1 saturated heterocycles. The molecule has 0 aromatic heterocycles. The quantitative estimate of drug-likeness (QED) is 0.713. The first-order valence-corrected chi connectivity index (χ1v) is 10.6. The molecule has 27 heavy (non-hydrogen) atoms. The highest BCUT2D eigenvalue weighted by Gasteiger charge is 2.29. The second-order valence-corrected chi connectivity index (χ2v) is 8.46. The van der Waals surface area contributed by atoms with Gasteiger partial charge in [-0.2, -0.15) is 0 Å². The van der Waals surface area contributed by atoms with Crippen LogP contribution in [0.15, 0.2) is 12.1 Å². The standard InChI is InChI=1S/C18H28N2O6S/c1-5-10-27(22,23)20-8-6-13(7-9-20)19-18(21)14-11-16(25-3)17(26-4)12-15(14)24-2/h11-13H,5-10H2,1-4H3,(H,19,21). The molecule has 1 aromatic carbocycles. The van der Waals surface area contributed by atoms with Crippen LogP contribution in [0.5, 0.6) is 17.2 Å². The summed E-state index contributed by atoms with van der Waals surface area (Å²) in [5.74, 6) is 1.16. The molecule has 1 fully saturated rings. The molecular weight excluding hydrogens is 372 g/mol. The third kappa shape index (κ3) is 5.04. The molecule has 1 amide bonds. The summed E-state index contributed by atoms with van der Waals surface area (Å²) in [6.45, 7) is 2.67. The van der Waals surface area contributed by atoms with E-state index in [-0.39, 0.29) is 17.7 Å². The van der Waals surface area contributed by atoms with Crippen LogP contribution >= 0.6 is 0 Å². The van der Waals surface area contributed by atoms with Crippen LogP contribution in [-0.4, -0.2) is 64.8 Å². The SMILES string of the molecule is CCCS(=O)(=O)N1CCC(NC(=O)c2cc(OC)c(OC)cc2OC)CC1. The Morgan fingerprint density at radius 1 is 1.07 bits per heavy atom. The highest BCUT2D eigenvalue weighted by molar-refractivity contribution is 7.89. The van der Waals surface area contributed by atoms with Gasteiger partial charge in [0.2, 0.25) is 10.0 Å². The Hall–Kier alpha value is -2.00. The fraction of sp³-hybridized carbons (Fsp3) is 0.611. The minimum absolute atomic E-state index is 0.0941. The lowest BCUT2D eigenvalue weighted by molar-refractivity contribution is 0.0920. The molecule has 0 unspecified atom stereocenters. The lowest BCUT2D eigenvalue weighted by Crippen LogP contribution is -2.47. The van der Waals surface area contributed by atoms with Gasteiger partial charge in [-0.15, -0.1) is 0 Å². The number of sulfonamides is 1. The van der Waals surface area contributed by atoms with Gasteiger partial charge in [0.25, 0.3) is 5.91 Å². The van der Waals surface area contributed by atoms with Crippen molar-refractivity contribution in [3.63, 3.8) is 0 Å². The topological polar surface area (TPSA) is 94.2 Å². The van der Waals surface area contributed by atoms with Gasteiger partial charge in [-0.05, 0) is 19.3 Å². The van der Waals surface area contributed by atoms with Crippen LogP contribution in [0.25, 0.3) is 0 Å². The molecule has 8 nitrogen and oxygen atoms in total. The summed E-state index contributed by atoms with van der Waals surface area (Å²) in [6, 6.07) is 3.09. The van der Waals surface area contributed by atoms with Crippen molar-refractivity contribution in [2.24, 2.45) is 0 Å². The maximum Gasteiger partial charge on any atom is 0.255 e. The van der Waals surface area contributed by atoms with Crippen molar-refractivity contribution in [1.82, 2.24) is 9.62 Å². The van der Waals surface area contributed by atoms with Crippen LogP contribution in [0.3, 0.4) is 0 Å². The number of nitrogens with zero attached hydrogens (tertiary/aromatic N) is 1. The predicted molar refractivity (Wildman–Crippen MR) is 102 cm³/mol. The summed E-state index contributed by atoms with van der Waals surface area (Å²) in [6.07, 6.45) is 1.74. The van der Waals surface area contributed by atoms with Crippen LogP contribution in [0, 0.1) is 0 Å². The van der Waals surface area contributed by atoms with E-state index in [1.807, 2.05) is 6.92 Å². The van der Waals surface area contributed by atoms with Gasteiger partial charge in [-0.3, -0.25) is 4.79 Å². The van der Waals surface area contributed by atoms with Crippen LogP contribution in [-0.2, 0) is 10.0 Å². The molecule has 2 rings (SSSR count). The van der Waals surface area contributed by atoms with Crippen molar-refractivity contribution in [2.75, 3.05) is 40.2 Å². The summed E-state index contributed by atoms with van der Waals surface area (Å²) >= 11 is 0. The fourth-order valence-corrected chi connectivity index (χ4v) is 4.68. The molecule has 0 atom stereocenters. The molecule has 152 valence electrons. The average Bonchev–Trinajstić information content (AvgIpc) is 2.67. The molecule has 1 aliphatic rings. The number of methoxy groups -OCH3 is 3. The zero-order valence-electron chi connectivity index (χ0n) is 16.3. The normalized spacial score (nSPS) is 16.0. The summed E-state index contributed by atoms with van der Waals surface area (Å²) in [7, 11) is 1.30. The zero-order chi connectivity index (χ0) is 20.0. The highest BCUT2D eigenvalue weighted by atomic mass is 32.2. The largest absolute Gasteiger partial charge is 0.496 e. The number of hydrogen-bond donors (Lipinski definition) is 1. The Labute approximate surface area is 160 Å². The molecule has 9 heteroatoms. The van der Waals surface area contributed by atoms with Gasteiger partial charge in [0.15, 0.2) is 11.5 Å². The second kappa shape index (κ2) is 9.27. The molecule has 1 N–H and O–H groups in total. The second-order valence-electron chi connectivity index (χ2n) is 6.37. The molecule has 0 spiro atoms. The Morgan fingerprint density at radius 3 is 2.15 bits per heavy atom. The van der Waals surface area contributed by atoms with Gasteiger partial charge in [-0.1, -0.05) is 6.92 Å². The number of nitrogens with one attached hydrogen (secondary N) is 1. The Kier molecular flexibility index (Phi) is 7.32. The minimum Gasteiger partial charge on any atom is -0.496 e. The summed E-state index contributed by atoms with van der Waals surface area (Å²) in [5.41, 5.74) is 0.344. The van der Waals surface area contributed by atoms with Gasteiger partial charge < -0.3 is 19.5 Å². The van der Waals surface area contributed by atoms with Crippen LogP contribution in [0.2, 0.25) is 0 Å². The fourth-order valence-electron chi connectivity index (χ4n) is 3.14. The molecule has 0 aliphatic carbocycles. The molecule has 1 aliphatic heterocycles. The van der Waals surface area contributed by atoms with Crippen LogP contribution in [0.4, 0.5) is 0 Å². The van der Waals surface area contributed by atoms with Crippen molar-refractivity contribution in [3.8, 4) is 17.2 Å². The Bertz CT molecular complexity index is 757. The number of carbonyl (C=O) groups is 1. The summed E-state index contributed by atoms with van der Waals surface area (Å²) in [5, 5.41) is 2.97. The molecule has 1 heterocycles. The van der Waals surface area contributed by atoms with Crippen LogP contribution < -0.4 is 19.5 Å². The number of rotatable bonds is 8.